The van der Waals surface area contributed by atoms with Gasteiger partial charge in [0, 0.05) is 12.8 Å². The molecule has 0 bridgehead atoms. The van der Waals surface area contributed by atoms with E-state index >= 15 is 0 Å². The average molecular weight is 252 g/mol. The number of nitrogens with two attached hydrogens (primary N) is 1. The van der Waals surface area contributed by atoms with Crippen molar-refractivity contribution in [3.8, 4) is 6.07 Å². The third-order valence-electron chi connectivity index (χ3n) is 2.75. The monoisotopic (exact) mass is 252 g/mol. The molecule has 98 valence electrons. The first-order valence-corrected chi connectivity index (χ1v) is 5.80. The van der Waals surface area contributed by atoms with Crippen LogP contribution in [0.1, 0.15) is 32.1 Å². The van der Waals surface area contributed by atoms with Gasteiger partial charge in [0.2, 0.25) is 17.7 Å². The summed E-state index contributed by atoms with van der Waals surface area (Å²) in [6, 6.07) is 0.578. The van der Waals surface area contributed by atoms with Crippen molar-refractivity contribution < 1.29 is 14.4 Å². The van der Waals surface area contributed by atoms with Crippen LogP contribution in [0.5, 0.6) is 0 Å². The van der Waals surface area contributed by atoms with Gasteiger partial charge in [-0.25, -0.2) is 0 Å². The highest BCUT2D eigenvalue weighted by Crippen LogP contribution is 2.08. The number of rotatable bonds is 6. The van der Waals surface area contributed by atoms with Gasteiger partial charge in [0.05, 0.1) is 6.07 Å². The molecule has 0 aromatic carbocycles. The molecule has 0 spiro atoms. The maximum absolute atomic E-state index is 11.7. The fourth-order valence-corrected chi connectivity index (χ4v) is 1.75. The minimum absolute atomic E-state index is 0.171. The van der Waals surface area contributed by atoms with Crippen molar-refractivity contribution in [1.82, 2.24) is 10.6 Å². The van der Waals surface area contributed by atoms with E-state index in [1.807, 2.05) is 6.07 Å². The lowest BCUT2D eigenvalue weighted by atomic mass is 10.1. The molecule has 0 unspecified atom stereocenters. The second-order valence-electron chi connectivity index (χ2n) is 4.17. The number of primary amides is 1. The number of carbonyl (C=O) groups is 3. The van der Waals surface area contributed by atoms with Gasteiger partial charge in [-0.2, -0.15) is 5.26 Å². The molecule has 7 heteroatoms. The van der Waals surface area contributed by atoms with Gasteiger partial charge in [-0.15, -0.1) is 0 Å². The van der Waals surface area contributed by atoms with Crippen LogP contribution in [0, 0.1) is 11.3 Å². The zero-order valence-electron chi connectivity index (χ0n) is 9.94. The second-order valence-corrected chi connectivity index (χ2v) is 4.17. The molecule has 0 aromatic heterocycles. The summed E-state index contributed by atoms with van der Waals surface area (Å²) in [5.74, 6) is -1.21. The van der Waals surface area contributed by atoms with Gasteiger partial charge in [-0.3, -0.25) is 14.4 Å². The molecule has 1 fully saturated rings. The SMILES string of the molecule is N#CCCC[C@H](NC(=O)[C@H]1CCC(=O)N1)C(N)=O. The predicted octanol–water partition coefficient (Wildman–Crippen LogP) is -1.07. The Kier molecular flexibility index (Phi) is 5.11. The molecule has 0 saturated carbocycles. The molecular formula is C11H16N4O3. The molecule has 7 nitrogen and oxygen atoms in total. The largest absolute Gasteiger partial charge is 0.368 e. The quantitative estimate of drug-likeness (QED) is 0.520. The molecule has 1 saturated heterocycles. The summed E-state index contributed by atoms with van der Waals surface area (Å²) in [4.78, 5) is 33.9. The number of hydrogen-bond acceptors (Lipinski definition) is 4. The minimum atomic E-state index is -0.789. The number of carbonyl (C=O) groups excluding carboxylic acids is 3. The van der Waals surface area contributed by atoms with Crippen molar-refractivity contribution in [3.63, 3.8) is 0 Å². The molecule has 4 N–H and O–H groups in total. The van der Waals surface area contributed by atoms with E-state index in [2.05, 4.69) is 10.6 Å². The van der Waals surface area contributed by atoms with Gasteiger partial charge in [-0.05, 0) is 19.3 Å². The molecule has 1 aliphatic heterocycles. The van der Waals surface area contributed by atoms with Gasteiger partial charge in [0.1, 0.15) is 12.1 Å². The Morgan fingerprint density at radius 3 is 2.83 bits per heavy atom. The number of hydrogen-bond donors (Lipinski definition) is 3. The Morgan fingerprint density at radius 1 is 1.61 bits per heavy atom. The fourth-order valence-electron chi connectivity index (χ4n) is 1.75. The lowest BCUT2D eigenvalue weighted by Crippen LogP contribution is -2.50. The fraction of sp³-hybridized carbons (Fsp3) is 0.636. The summed E-state index contributed by atoms with van der Waals surface area (Å²) in [6.07, 6.45) is 1.86. The van der Waals surface area contributed by atoms with E-state index < -0.39 is 23.9 Å². The molecule has 2 atom stereocenters. The van der Waals surface area contributed by atoms with Crippen LogP contribution in [0.3, 0.4) is 0 Å². The van der Waals surface area contributed by atoms with Gasteiger partial charge >= 0.3 is 0 Å². The average Bonchev–Trinajstić information content (AvgIpc) is 2.74. The number of nitrogens with zero attached hydrogens (tertiary/aromatic N) is 1. The van der Waals surface area contributed by atoms with Crippen LogP contribution in [0.4, 0.5) is 0 Å². The second kappa shape index (κ2) is 6.59. The molecular weight excluding hydrogens is 236 g/mol. The highest BCUT2D eigenvalue weighted by molar-refractivity contribution is 5.93. The normalized spacial score (nSPS) is 19.7. The Morgan fingerprint density at radius 2 is 2.33 bits per heavy atom. The van der Waals surface area contributed by atoms with E-state index in [0.717, 1.165) is 0 Å². The maximum Gasteiger partial charge on any atom is 0.243 e. The molecule has 0 radical (unpaired) electrons. The first-order chi connectivity index (χ1) is 8.54. The molecule has 0 aliphatic carbocycles. The third-order valence-corrected chi connectivity index (χ3v) is 2.75. The molecule has 1 rings (SSSR count). The summed E-state index contributed by atoms with van der Waals surface area (Å²) < 4.78 is 0. The molecule has 3 amide bonds. The summed E-state index contributed by atoms with van der Waals surface area (Å²) in [5.41, 5.74) is 5.17. The first-order valence-electron chi connectivity index (χ1n) is 5.80. The molecule has 1 aliphatic rings. The van der Waals surface area contributed by atoms with Crippen molar-refractivity contribution in [2.45, 2.75) is 44.2 Å². The van der Waals surface area contributed by atoms with Crippen molar-refractivity contribution >= 4 is 17.7 Å². The molecule has 0 aromatic rings. The molecule has 1 heterocycles. The Bertz CT molecular complexity index is 388. The zero-order chi connectivity index (χ0) is 13.5. The van der Waals surface area contributed by atoms with Crippen molar-refractivity contribution in [2.75, 3.05) is 0 Å². The van der Waals surface area contributed by atoms with Gasteiger partial charge in [-0.1, -0.05) is 0 Å². The first kappa shape index (κ1) is 14.0. The highest BCUT2D eigenvalue weighted by atomic mass is 16.2. The summed E-state index contributed by atoms with van der Waals surface area (Å²) in [6.45, 7) is 0. The van der Waals surface area contributed by atoms with E-state index in [4.69, 9.17) is 11.0 Å². The van der Waals surface area contributed by atoms with E-state index in [9.17, 15) is 14.4 Å². The van der Waals surface area contributed by atoms with Crippen molar-refractivity contribution in [3.05, 3.63) is 0 Å². The zero-order valence-corrected chi connectivity index (χ0v) is 9.94. The standard InChI is InChI=1S/C11H16N4O3/c12-6-2-1-3-7(10(13)17)15-11(18)8-4-5-9(16)14-8/h7-8H,1-5H2,(H2,13,17)(H,14,16)(H,15,18)/t7-,8+/m0/s1. The lowest BCUT2D eigenvalue weighted by Gasteiger charge is -2.17. The van der Waals surface area contributed by atoms with Crippen LogP contribution in [-0.2, 0) is 14.4 Å². The summed E-state index contributed by atoms with van der Waals surface area (Å²) in [5, 5.41) is 13.4. The van der Waals surface area contributed by atoms with E-state index in [1.165, 1.54) is 0 Å². The maximum atomic E-state index is 11.7. The van der Waals surface area contributed by atoms with Crippen LogP contribution in [0.25, 0.3) is 0 Å². The number of nitriles is 1. The summed E-state index contributed by atoms with van der Waals surface area (Å²) in [7, 11) is 0. The van der Waals surface area contributed by atoms with Crippen molar-refractivity contribution in [2.24, 2.45) is 5.73 Å². The van der Waals surface area contributed by atoms with E-state index in [-0.39, 0.29) is 5.91 Å². The van der Waals surface area contributed by atoms with Crippen LogP contribution in [0.2, 0.25) is 0 Å². The van der Waals surface area contributed by atoms with Crippen LogP contribution in [-0.4, -0.2) is 29.8 Å². The topological polar surface area (TPSA) is 125 Å². The Labute approximate surface area is 105 Å². The predicted molar refractivity (Wildman–Crippen MR) is 61.8 cm³/mol. The Hall–Kier alpha value is -2.10. The van der Waals surface area contributed by atoms with Crippen LogP contribution < -0.4 is 16.4 Å². The summed E-state index contributed by atoms with van der Waals surface area (Å²) >= 11 is 0. The Balaban J connectivity index is 2.45. The number of unbranched alkanes of at least 4 members (excludes halogenated alkanes) is 1. The number of amides is 3. The number of nitrogens with one attached hydrogen (secondary N) is 2. The highest BCUT2D eigenvalue weighted by Gasteiger charge is 2.29. The van der Waals surface area contributed by atoms with Crippen molar-refractivity contribution in [1.29, 1.82) is 5.26 Å². The third kappa shape index (κ3) is 4.05. The smallest absolute Gasteiger partial charge is 0.243 e. The van der Waals surface area contributed by atoms with Crippen LogP contribution in [0.15, 0.2) is 0 Å². The van der Waals surface area contributed by atoms with Gasteiger partial charge < -0.3 is 16.4 Å². The lowest BCUT2D eigenvalue weighted by molar-refractivity contribution is -0.129. The van der Waals surface area contributed by atoms with E-state index in [1.54, 1.807) is 0 Å². The van der Waals surface area contributed by atoms with Gasteiger partial charge in [0.25, 0.3) is 0 Å². The van der Waals surface area contributed by atoms with Gasteiger partial charge in [0.15, 0.2) is 0 Å². The van der Waals surface area contributed by atoms with E-state index in [0.29, 0.717) is 32.1 Å². The minimum Gasteiger partial charge on any atom is -0.368 e. The molecule has 18 heavy (non-hydrogen) atoms. The van der Waals surface area contributed by atoms with Crippen LogP contribution >= 0.6 is 0 Å².